The molecule has 0 unspecified atom stereocenters. The second-order valence-corrected chi connectivity index (χ2v) is 5.70. The summed E-state index contributed by atoms with van der Waals surface area (Å²) >= 11 is 5.67. The Hall–Kier alpha value is -1.17. The van der Waals surface area contributed by atoms with Crippen LogP contribution in [0.3, 0.4) is 0 Å². The van der Waals surface area contributed by atoms with Crippen LogP contribution in [0.4, 0.5) is 10.1 Å². The topological polar surface area (TPSA) is 42.8 Å². The van der Waals surface area contributed by atoms with Crippen molar-refractivity contribution in [2.45, 2.75) is 26.1 Å². The molecule has 1 aliphatic heterocycles. The lowest BCUT2D eigenvalue weighted by Gasteiger charge is -2.31. The molecule has 2 rings (SSSR count). The summed E-state index contributed by atoms with van der Waals surface area (Å²) in [5.74, 6) is -0.730. The van der Waals surface area contributed by atoms with E-state index in [9.17, 15) is 9.18 Å². The van der Waals surface area contributed by atoms with Gasteiger partial charge < -0.3 is 15.0 Å². The number of carbonyl (C=O) groups is 1. The number of hydrogen-bond acceptors (Lipinski definition) is 2. The molecule has 110 valence electrons. The Morgan fingerprint density at radius 3 is 2.70 bits per heavy atom. The van der Waals surface area contributed by atoms with Crippen LogP contribution in [-0.4, -0.2) is 37.7 Å². The van der Waals surface area contributed by atoms with Gasteiger partial charge in [0, 0.05) is 5.02 Å². The van der Waals surface area contributed by atoms with Gasteiger partial charge in [-0.3, -0.25) is 4.79 Å². The van der Waals surface area contributed by atoms with Crippen molar-refractivity contribution in [3.63, 3.8) is 0 Å². The van der Waals surface area contributed by atoms with Gasteiger partial charge in [0.15, 0.2) is 6.54 Å². The number of amides is 1. The molecule has 1 heterocycles. The highest BCUT2D eigenvalue weighted by molar-refractivity contribution is 6.30. The van der Waals surface area contributed by atoms with Gasteiger partial charge in [-0.1, -0.05) is 11.6 Å². The van der Waals surface area contributed by atoms with E-state index in [0.717, 1.165) is 18.0 Å². The quantitative estimate of drug-likeness (QED) is 0.878. The van der Waals surface area contributed by atoms with Gasteiger partial charge in [0.25, 0.3) is 5.91 Å². The van der Waals surface area contributed by atoms with Crippen LogP contribution >= 0.6 is 11.6 Å². The van der Waals surface area contributed by atoms with Crippen LogP contribution < -0.4 is 10.2 Å². The second kappa shape index (κ2) is 6.52. The molecule has 2 atom stereocenters. The molecule has 20 heavy (non-hydrogen) atoms. The third-order valence-electron chi connectivity index (χ3n) is 3.23. The van der Waals surface area contributed by atoms with Gasteiger partial charge in [-0.15, -0.1) is 0 Å². The highest BCUT2D eigenvalue weighted by Crippen LogP contribution is 2.18. The number of rotatable bonds is 3. The largest absolute Gasteiger partial charge is 0.364 e. The number of ether oxygens (including phenoxy) is 1. The SMILES string of the molecule is C[C@H]1C[NH+](CC(=O)Nc2ccc(Cl)cc2F)C[C@H](C)O1. The minimum absolute atomic E-state index is 0.133. The number of quaternary nitrogens is 1. The number of halogens is 2. The molecule has 0 bridgehead atoms. The lowest BCUT2D eigenvalue weighted by Crippen LogP contribution is -3.16. The van der Waals surface area contributed by atoms with Gasteiger partial charge >= 0.3 is 0 Å². The summed E-state index contributed by atoms with van der Waals surface area (Å²) < 4.78 is 19.2. The monoisotopic (exact) mass is 301 g/mol. The molecule has 0 aromatic heterocycles. The molecule has 1 fully saturated rings. The van der Waals surface area contributed by atoms with Gasteiger partial charge in [0.05, 0.1) is 5.69 Å². The minimum atomic E-state index is -0.524. The fraction of sp³-hybridized carbons (Fsp3) is 0.500. The molecule has 4 nitrogen and oxygen atoms in total. The smallest absolute Gasteiger partial charge is 0.279 e. The summed E-state index contributed by atoms with van der Waals surface area (Å²) in [6.07, 6.45) is 0.266. The summed E-state index contributed by atoms with van der Waals surface area (Å²) in [5.41, 5.74) is 0.160. The normalized spacial score (nSPS) is 26.3. The highest BCUT2D eigenvalue weighted by atomic mass is 35.5. The van der Waals surface area contributed by atoms with E-state index in [-0.39, 0.29) is 23.8 Å². The first kappa shape index (κ1) is 15.2. The van der Waals surface area contributed by atoms with Gasteiger partial charge in [-0.05, 0) is 32.0 Å². The maximum absolute atomic E-state index is 13.6. The first-order valence-corrected chi connectivity index (χ1v) is 7.05. The predicted molar refractivity (Wildman–Crippen MR) is 75.6 cm³/mol. The van der Waals surface area contributed by atoms with Crippen molar-refractivity contribution in [2.75, 3.05) is 25.0 Å². The summed E-state index contributed by atoms with van der Waals surface area (Å²) in [4.78, 5) is 13.1. The Labute approximate surface area is 122 Å². The van der Waals surface area contributed by atoms with Crippen molar-refractivity contribution >= 4 is 23.2 Å². The second-order valence-electron chi connectivity index (χ2n) is 5.26. The fourth-order valence-electron chi connectivity index (χ4n) is 2.55. The molecule has 1 saturated heterocycles. The van der Waals surface area contributed by atoms with E-state index in [4.69, 9.17) is 16.3 Å². The molecule has 1 aromatic rings. The Bertz CT molecular complexity index is 488. The average molecular weight is 302 g/mol. The number of hydrogen-bond donors (Lipinski definition) is 2. The third-order valence-corrected chi connectivity index (χ3v) is 3.47. The van der Waals surface area contributed by atoms with Crippen molar-refractivity contribution < 1.29 is 18.8 Å². The Morgan fingerprint density at radius 1 is 1.45 bits per heavy atom. The van der Waals surface area contributed by atoms with Gasteiger partial charge in [0.2, 0.25) is 0 Å². The van der Waals surface area contributed by atoms with Gasteiger partial charge in [0.1, 0.15) is 31.1 Å². The van der Waals surface area contributed by atoms with Crippen LogP contribution in [0.25, 0.3) is 0 Å². The minimum Gasteiger partial charge on any atom is -0.364 e. The van der Waals surface area contributed by atoms with Gasteiger partial charge in [-0.2, -0.15) is 0 Å². The van der Waals surface area contributed by atoms with Gasteiger partial charge in [-0.25, -0.2) is 4.39 Å². The standard InChI is InChI=1S/C14H18ClFN2O2/c1-9-6-18(7-10(2)20-9)8-14(19)17-13-4-3-11(15)5-12(13)16/h3-5,9-10H,6-8H2,1-2H3,(H,17,19)/p+1/t9-,10-/m0/s1. The van der Waals surface area contributed by atoms with Crippen LogP contribution in [0.15, 0.2) is 18.2 Å². The summed E-state index contributed by atoms with van der Waals surface area (Å²) in [6, 6.07) is 4.20. The lowest BCUT2D eigenvalue weighted by atomic mass is 10.2. The van der Waals surface area contributed by atoms with Crippen LogP contribution in [0, 0.1) is 5.82 Å². The summed E-state index contributed by atoms with van der Waals surface area (Å²) in [6.45, 7) is 5.85. The van der Waals surface area contributed by atoms with E-state index in [1.807, 2.05) is 13.8 Å². The molecule has 1 aromatic carbocycles. The van der Waals surface area contributed by atoms with Crippen molar-refractivity contribution in [3.05, 3.63) is 29.0 Å². The molecule has 1 amide bonds. The van der Waals surface area contributed by atoms with E-state index in [1.165, 1.54) is 12.1 Å². The van der Waals surface area contributed by atoms with Crippen molar-refractivity contribution in [2.24, 2.45) is 0 Å². The maximum Gasteiger partial charge on any atom is 0.279 e. The Morgan fingerprint density at radius 2 is 2.10 bits per heavy atom. The van der Waals surface area contributed by atoms with Crippen LogP contribution in [-0.2, 0) is 9.53 Å². The molecular weight excluding hydrogens is 283 g/mol. The van der Waals surface area contributed by atoms with Crippen LogP contribution in [0.2, 0.25) is 5.02 Å². The lowest BCUT2D eigenvalue weighted by molar-refractivity contribution is -0.907. The van der Waals surface area contributed by atoms with E-state index in [1.54, 1.807) is 6.07 Å². The fourth-order valence-corrected chi connectivity index (χ4v) is 2.70. The average Bonchev–Trinajstić information content (AvgIpc) is 2.31. The Kier molecular flexibility index (Phi) is 4.96. The van der Waals surface area contributed by atoms with Crippen molar-refractivity contribution in [1.29, 1.82) is 0 Å². The van der Waals surface area contributed by atoms with E-state index in [2.05, 4.69) is 5.32 Å². The molecule has 0 aliphatic carbocycles. The summed E-state index contributed by atoms with van der Waals surface area (Å²) in [7, 11) is 0. The van der Waals surface area contributed by atoms with Crippen molar-refractivity contribution in [1.82, 2.24) is 0 Å². The molecule has 0 radical (unpaired) electrons. The zero-order valence-corrected chi connectivity index (χ0v) is 12.3. The predicted octanol–water partition coefficient (Wildman–Crippen LogP) is 1.11. The zero-order chi connectivity index (χ0) is 14.7. The van der Waals surface area contributed by atoms with E-state index >= 15 is 0 Å². The zero-order valence-electron chi connectivity index (χ0n) is 11.6. The molecular formula is C14H19ClFN2O2+. The number of benzene rings is 1. The summed E-state index contributed by atoms with van der Waals surface area (Å²) in [5, 5.41) is 2.89. The van der Waals surface area contributed by atoms with E-state index < -0.39 is 5.82 Å². The molecule has 6 heteroatoms. The molecule has 0 saturated carbocycles. The number of carbonyl (C=O) groups excluding carboxylic acids is 1. The first-order valence-electron chi connectivity index (χ1n) is 6.68. The van der Waals surface area contributed by atoms with E-state index in [0.29, 0.717) is 11.6 Å². The number of nitrogens with one attached hydrogen (secondary N) is 2. The molecule has 0 spiro atoms. The number of anilines is 1. The number of morpholine rings is 1. The Balaban J connectivity index is 1.92. The maximum atomic E-state index is 13.6. The first-order chi connectivity index (χ1) is 9.44. The van der Waals surface area contributed by atoms with Crippen molar-refractivity contribution in [3.8, 4) is 0 Å². The van der Waals surface area contributed by atoms with Crippen LogP contribution in [0.1, 0.15) is 13.8 Å². The highest BCUT2D eigenvalue weighted by Gasteiger charge is 2.27. The third kappa shape index (κ3) is 4.16. The molecule has 1 aliphatic rings. The van der Waals surface area contributed by atoms with Crippen LogP contribution in [0.5, 0.6) is 0 Å². The molecule has 2 N–H and O–H groups in total.